The highest BCUT2D eigenvalue weighted by Gasteiger charge is 2.21. The van der Waals surface area contributed by atoms with Crippen molar-refractivity contribution >= 4 is 39.7 Å². The van der Waals surface area contributed by atoms with Crippen molar-refractivity contribution in [3.63, 3.8) is 0 Å². The molecule has 0 saturated carbocycles. The van der Waals surface area contributed by atoms with Gasteiger partial charge in [0.2, 0.25) is 0 Å². The van der Waals surface area contributed by atoms with Gasteiger partial charge in [0.15, 0.2) is 0 Å². The van der Waals surface area contributed by atoms with Gasteiger partial charge < -0.3 is 26.5 Å². The third-order valence-corrected chi connectivity index (χ3v) is 4.38. The minimum atomic E-state index is -0.576. The summed E-state index contributed by atoms with van der Waals surface area (Å²) in [6, 6.07) is 7.57. The van der Waals surface area contributed by atoms with Crippen LogP contribution in [0.3, 0.4) is 0 Å². The summed E-state index contributed by atoms with van der Waals surface area (Å²) in [5.74, 6) is 1.39. The van der Waals surface area contributed by atoms with Crippen molar-refractivity contribution in [1.29, 1.82) is 0 Å². The molecule has 0 atom stereocenters. The highest BCUT2D eigenvalue weighted by Crippen LogP contribution is 2.38. The smallest absolute Gasteiger partial charge is 0.281 e. The molecule has 2 aromatic heterocycles. The second-order valence-electron chi connectivity index (χ2n) is 5.03. The summed E-state index contributed by atoms with van der Waals surface area (Å²) in [6.07, 6.45) is 1.36. The highest BCUT2D eigenvalue weighted by atomic mass is 32.2. The average molecular weight is 344 g/mol. The maximum atomic E-state index is 11.3. The van der Waals surface area contributed by atoms with Gasteiger partial charge in [0.1, 0.15) is 29.4 Å². The Morgan fingerprint density at radius 3 is 2.58 bits per heavy atom. The quantitative estimate of drug-likeness (QED) is 0.614. The molecule has 0 radical (unpaired) electrons. The maximum Gasteiger partial charge on any atom is 0.281 e. The average Bonchev–Trinajstić information content (AvgIpc) is 2.82. The molecular formula is C15H16N6O2S. The number of thioether (sulfide) groups is 1. The van der Waals surface area contributed by atoms with Crippen LogP contribution in [0.2, 0.25) is 0 Å². The van der Waals surface area contributed by atoms with Gasteiger partial charge in [-0.3, -0.25) is 4.79 Å². The molecule has 8 nitrogen and oxygen atoms in total. The van der Waals surface area contributed by atoms with Gasteiger partial charge in [0, 0.05) is 0 Å². The van der Waals surface area contributed by atoms with Crippen LogP contribution in [0, 0.1) is 0 Å². The van der Waals surface area contributed by atoms with Crippen LogP contribution in [0.1, 0.15) is 5.56 Å². The van der Waals surface area contributed by atoms with E-state index in [9.17, 15) is 4.79 Å². The topological polar surface area (TPSA) is 135 Å². The molecule has 6 N–H and O–H groups in total. The van der Waals surface area contributed by atoms with E-state index in [2.05, 4.69) is 9.97 Å². The molecule has 0 unspecified atom stereocenters. The third-order valence-electron chi connectivity index (χ3n) is 3.57. The first kappa shape index (κ1) is 15.9. The number of hydrogen-bond donors (Lipinski definition) is 3. The second kappa shape index (κ2) is 6.28. The predicted octanol–water partition coefficient (Wildman–Crippen LogP) is 1.82. The van der Waals surface area contributed by atoms with E-state index in [4.69, 9.17) is 21.9 Å². The number of hydrogen-bond acceptors (Lipinski definition) is 7. The molecule has 1 aromatic carbocycles. The van der Waals surface area contributed by atoms with Crippen LogP contribution in [-0.4, -0.2) is 26.9 Å². The van der Waals surface area contributed by atoms with Crippen LogP contribution in [-0.2, 0) is 6.54 Å². The molecule has 3 aromatic rings. The molecular weight excluding hydrogens is 328 g/mol. The standard InChI is InChI=1S/C15H16N6O2S/c1-23-9-4-2-8(3-5-9)6-21-13(17)11(24-15(18)22)10-12(16)19-7-20-14(10)21/h2-5,7H,6,17H2,1H3,(H2,18,22)(H2,16,19,20). The summed E-state index contributed by atoms with van der Waals surface area (Å²) in [5, 5.41) is -0.0410. The number of nitrogen functional groups attached to an aromatic ring is 2. The number of rotatable bonds is 4. The zero-order valence-electron chi connectivity index (χ0n) is 12.9. The minimum absolute atomic E-state index is 0.254. The Bertz CT molecular complexity index is 906. The van der Waals surface area contributed by atoms with Crippen LogP contribution in [0.5, 0.6) is 5.75 Å². The Kier molecular flexibility index (Phi) is 4.17. The summed E-state index contributed by atoms with van der Waals surface area (Å²) >= 11 is 0.819. The summed E-state index contributed by atoms with van der Waals surface area (Å²) in [4.78, 5) is 20.1. The van der Waals surface area contributed by atoms with Gasteiger partial charge in [0.25, 0.3) is 5.24 Å². The molecule has 9 heteroatoms. The molecule has 3 rings (SSSR count). The lowest BCUT2D eigenvalue weighted by Crippen LogP contribution is -2.06. The second-order valence-corrected chi connectivity index (χ2v) is 6.04. The highest BCUT2D eigenvalue weighted by molar-refractivity contribution is 8.13. The van der Waals surface area contributed by atoms with Crippen molar-refractivity contribution in [2.45, 2.75) is 11.4 Å². The molecule has 2 heterocycles. The monoisotopic (exact) mass is 344 g/mol. The molecule has 0 bridgehead atoms. The number of methoxy groups -OCH3 is 1. The van der Waals surface area contributed by atoms with Crippen molar-refractivity contribution in [2.75, 3.05) is 18.6 Å². The van der Waals surface area contributed by atoms with Gasteiger partial charge >= 0.3 is 0 Å². The fourth-order valence-corrected chi connectivity index (χ4v) is 3.17. The number of ether oxygens (including phenoxy) is 1. The van der Waals surface area contributed by atoms with Crippen molar-refractivity contribution in [3.8, 4) is 5.75 Å². The fraction of sp³-hybridized carbons (Fsp3) is 0.133. The van der Waals surface area contributed by atoms with E-state index in [1.165, 1.54) is 6.33 Å². The van der Waals surface area contributed by atoms with Crippen LogP contribution < -0.4 is 21.9 Å². The number of nitrogens with two attached hydrogens (primary N) is 3. The number of carbonyl (C=O) groups excluding carboxylic acids is 1. The number of benzene rings is 1. The first-order valence-electron chi connectivity index (χ1n) is 6.99. The minimum Gasteiger partial charge on any atom is -0.497 e. The largest absolute Gasteiger partial charge is 0.497 e. The first-order valence-corrected chi connectivity index (χ1v) is 7.81. The molecule has 0 saturated heterocycles. The molecule has 0 aliphatic rings. The lowest BCUT2D eigenvalue weighted by molar-refractivity contribution is 0.267. The summed E-state index contributed by atoms with van der Waals surface area (Å²) in [6.45, 7) is 0.460. The van der Waals surface area contributed by atoms with E-state index in [0.29, 0.717) is 28.3 Å². The number of amides is 1. The first-order chi connectivity index (χ1) is 11.5. The SMILES string of the molecule is COc1ccc(Cn2c(N)c(SC(N)=O)c3c(N)ncnc32)cc1. The number of carbonyl (C=O) groups is 1. The number of aromatic nitrogens is 3. The number of anilines is 2. The Morgan fingerprint density at radius 1 is 1.25 bits per heavy atom. The normalized spacial score (nSPS) is 10.9. The van der Waals surface area contributed by atoms with Crippen LogP contribution >= 0.6 is 11.8 Å². The number of nitrogens with zero attached hydrogens (tertiary/aromatic N) is 3. The van der Waals surface area contributed by atoms with Crippen LogP contribution in [0.25, 0.3) is 11.0 Å². The number of primary amides is 1. The van der Waals surface area contributed by atoms with E-state index in [-0.39, 0.29) is 5.82 Å². The molecule has 1 amide bonds. The molecule has 0 aliphatic carbocycles. The molecule has 0 fully saturated rings. The maximum absolute atomic E-state index is 11.3. The number of fused-ring (bicyclic) bond motifs is 1. The van der Waals surface area contributed by atoms with E-state index in [1.54, 1.807) is 11.7 Å². The summed E-state index contributed by atoms with van der Waals surface area (Å²) in [7, 11) is 1.61. The van der Waals surface area contributed by atoms with Gasteiger partial charge in [-0.1, -0.05) is 12.1 Å². The lowest BCUT2D eigenvalue weighted by atomic mass is 10.2. The summed E-state index contributed by atoms with van der Waals surface area (Å²) < 4.78 is 6.93. The lowest BCUT2D eigenvalue weighted by Gasteiger charge is -2.08. The van der Waals surface area contributed by atoms with E-state index in [0.717, 1.165) is 23.1 Å². The van der Waals surface area contributed by atoms with Gasteiger partial charge in [-0.05, 0) is 29.5 Å². The molecule has 24 heavy (non-hydrogen) atoms. The molecule has 0 aliphatic heterocycles. The fourth-order valence-electron chi connectivity index (χ4n) is 2.45. The van der Waals surface area contributed by atoms with Gasteiger partial charge in [-0.2, -0.15) is 0 Å². The Morgan fingerprint density at radius 2 is 1.96 bits per heavy atom. The van der Waals surface area contributed by atoms with E-state index >= 15 is 0 Å². The van der Waals surface area contributed by atoms with Gasteiger partial charge in [-0.25, -0.2) is 9.97 Å². The Labute approximate surface area is 142 Å². The summed E-state index contributed by atoms with van der Waals surface area (Å²) in [5.41, 5.74) is 19.0. The van der Waals surface area contributed by atoms with Crippen molar-refractivity contribution in [2.24, 2.45) is 5.73 Å². The zero-order valence-corrected chi connectivity index (χ0v) is 13.7. The van der Waals surface area contributed by atoms with E-state index in [1.807, 2.05) is 24.3 Å². The Balaban J connectivity index is 2.11. The van der Waals surface area contributed by atoms with Crippen LogP contribution in [0.15, 0.2) is 35.5 Å². The van der Waals surface area contributed by atoms with E-state index < -0.39 is 5.24 Å². The van der Waals surface area contributed by atoms with Crippen molar-refractivity contribution in [3.05, 3.63) is 36.2 Å². The molecule has 124 valence electrons. The zero-order chi connectivity index (χ0) is 17.3. The predicted molar refractivity (Wildman–Crippen MR) is 93.9 cm³/mol. The van der Waals surface area contributed by atoms with Crippen molar-refractivity contribution < 1.29 is 9.53 Å². The van der Waals surface area contributed by atoms with Gasteiger partial charge in [-0.15, -0.1) is 0 Å². The molecule has 0 spiro atoms. The van der Waals surface area contributed by atoms with Gasteiger partial charge in [0.05, 0.1) is 23.9 Å². The third kappa shape index (κ3) is 2.81. The van der Waals surface area contributed by atoms with Crippen LogP contribution in [0.4, 0.5) is 16.4 Å². The van der Waals surface area contributed by atoms with Crippen molar-refractivity contribution in [1.82, 2.24) is 14.5 Å². The Hall–Kier alpha value is -2.94.